The Kier molecular flexibility index (Phi) is 2.31. The number of hydrogen-bond acceptors (Lipinski definition) is 3. The van der Waals surface area contributed by atoms with Crippen LogP contribution < -0.4 is 4.74 Å². The molecule has 1 aliphatic rings. The number of rotatable bonds is 1. The van der Waals surface area contributed by atoms with Crippen LogP contribution in [0, 0.1) is 5.92 Å². The molecule has 0 N–H and O–H groups in total. The van der Waals surface area contributed by atoms with Crippen LogP contribution in [0.2, 0.25) is 0 Å². The van der Waals surface area contributed by atoms with Gasteiger partial charge in [-0.1, -0.05) is 19.1 Å². The molecular formula is C12H12O3. The Labute approximate surface area is 88.1 Å². The van der Waals surface area contributed by atoms with Crippen LogP contribution in [0.3, 0.4) is 0 Å². The van der Waals surface area contributed by atoms with Gasteiger partial charge in [0.1, 0.15) is 5.75 Å². The number of ketones is 1. The molecule has 1 aliphatic carbocycles. The zero-order chi connectivity index (χ0) is 11.0. The minimum atomic E-state index is -0.351. The normalized spacial score (nSPS) is 18.8. The third kappa shape index (κ3) is 1.65. The van der Waals surface area contributed by atoms with Crippen LogP contribution in [0.4, 0.5) is 0 Å². The second kappa shape index (κ2) is 3.50. The summed E-state index contributed by atoms with van der Waals surface area (Å²) in [7, 11) is 0. The van der Waals surface area contributed by atoms with Crippen molar-refractivity contribution in [2.75, 3.05) is 0 Å². The molecular weight excluding hydrogens is 192 g/mol. The Hall–Kier alpha value is -1.64. The van der Waals surface area contributed by atoms with Crippen LogP contribution >= 0.6 is 0 Å². The highest BCUT2D eigenvalue weighted by molar-refractivity contribution is 6.02. The zero-order valence-corrected chi connectivity index (χ0v) is 8.74. The molecule has 3 nitrogen and oxygen atoms in total. The monoisotopic (exact) mass is 204 g/mol. The third-order valence-electron chi connectivity index (χ3n) is 2.61. The zero-order valence-electron chi connectivity index (χ0n) is 8.74. The maximum atomic E-state index is 11.7. The number of hydrogen-bond donors (Lipinski definition) is 0. The lowest BCUT2D eigenvalue weighted by atomic mass is 10.1. The van der Waals surface area contributed by atoms with E-state index in [2.05, 4.69) is 0 Å². The molecule has 0 aliphatic heterocycles. The van der Waals surface area contributed by atoms with E-state index in [0.29, 0.717) is 17.7 Å². The lowest BCUT2D eigenvalue weighted by molar-refractivity contribution is -0.131. The van der Waals surface area contributed by atoms with Crippen molar-refractivity contribution in [2.45, 2.75) is 20.3 Å². The fourth-order valence-electron chi connectivity index (χ4n) is 1.92. The minimum absolute atomic E-state index is 0.00305. The number of benzene rings is 1. The molecule has 0 bridgehead atoms. The van der Waals surface area contributed by atoms with E-state index in [-0.39, 0.29) is 17.7 Å². The Morgan fingerprint density at radius 1 is 1.47 bits per heavy atom. The first kappa shape index (κ1) is 9.90. The summed E-state index contributed by atoms with van der Waals surface area (Å²) in [6, 6.07) is 5.26. The second-order valence-electron chi connectivity index (χ2n) is 3.85. The van der Waals surface area contributed by atoms with Gasteiger partial charge >= 0.3 is 5.97 Å². The van der Waals surface area contributed by atoms with Gasteiger partial charge in [-0.3, -0.25) is 9.59 Å². The van der Waals surface area contributed by atoms with Crippen LogP contribution in [-0.4, -0.2) is 11.8 Å². The molecule has 0 aromatic heterocycles. The van der Waals surface area contributed by atoms with E-state index in [0.717, 1.165) is 5.56 Å². The summed E-state index contributed by atoms with van der Waals surface area (Å²) in [6.07, 6.45) is 0.664. The smallest absolute Gasteiger partial charge is 0.308 e. The van der Waals surface area contributed by atoms with Crippen molar-refractivity contribution < 1.29 is 14.3 Å². The number of ether oxygens (including phenoxy) is 1. The van der Waals surface area contributed by atoms with Gasteiger partial charge in [-0.2, -0.15) is 0 Å². The van der Waals surface area contributed by atoms with E-state index in [4.69, 9.17) is 4.74 Å². The maximum absolute atomic E-state index is 11.7. The first-order chi connectivity index (χ1) is 7.09. The summed E-state index contributed by atoms with van der Waals surface area (Å²) in [5.74, 6) is 0.309. The molecule has 0 heterocycles. The average Bonchev–Trinajstić information content (AvgIpc) is 2.45. The van der Waals surface area contributed by atoms with Gasteiger partial charge < -0.3 is 4.74 Å². The van der Waals surface area contributed by atoms with Crippen molar-refractivity contribution in [3.05, 3.63) is 29.3 Å². The molecule has 2 rings (SSSR count). The minimum Gasteiger partial charge on any atom is -0.426 e. The number of esters is 1. The first-order valence-electron chi connectivity index (χ1n) is 4.94. The molecule has 0 fully saturated rings. The van der Waals surface area contributed by atoms with Crippen molar-refractivity contribution >= 4 is 11.8 Å². The van der Waals surface area contributed by atoms with Crippen molar-refractivity contribution in [1.29, 1.82) is 0 Å². The van der Waals surface area contributed by atoms with Crippen molar-refractivity contribution in [3.63, 3.8) is 0 Å². The van der Waals surface area contributed by atoms with E-state index in [1.807, 2.05) is 6.92 Å². The fourth-order valence-corrected chi connectivity index (χ4v) is 1.92. The van der Waals surface area contributed by atoms with E-state index < -0.39 is 0 Å². The summed E-state index contributed by atoms with van der Waals surface area (Å²) < 4.78 is 5.06. The van der Waals surface area contributed by atoms with E-state index in [1.54, 1.807) is 18.2 Å². The predicted molar refractivity (Wildman–Crippen MR) is 54.9 cm³/mol. The van der Waals surface area contributed by atoms with Crippen LogP contribution in [0.15, 0.2) is 18.2 Å². The highest BCUT2D eigenvalue weighted by Gasteiger charge is 2.29. The van der Waals surface area contributed by atoms with Crippen LogP contribution in [0.5, 0.6) is 5.75 Å². The van der Waals surface area contributed by atoms with Gasteiger partial charge in [0.2, 0.25) is 0 Å². The van der Waals surface area contributed by atoms with Crippen LogP contribution in [-0.2, 0) is 11.2 Å². The molecule has 0 spiro atoms. The topological polar surface area (TPSA) is 43.4 Å². The predicted octanol–water partition coefficient (Wildman–Crippen LogP) is 1.99. The lowest BCUT2D eigenvalue weighted by Gasteiger charge is -2.05. The lowest BCUT2D eigenvalue weighted by Crippen LogP contribution is -2.03. The number of carbonyl (C=O) groups excluding carboxylic acids is 2. The molecule has 3 heteroatoms. The van der Waals surface area contributed by atoms with E-state index >= 15 is 0 Å². The molecule has 1 aromatic rings. The Morgan fingerprint density at radius 3 is 2.87 bits per heavy atom. The Balaban J connectivity index is 2.45. The van der Waals surface area contributed by atoms with Crippen molar-refractivity contribution in [2.24, 2.45) is 5.92 Å². The largest absolute Gasteiger partial charge is 0.426 e. The molecule has 0 saturated carbocycles. The Bertz CT molecular complexity index is 434. The van der Waals surface area contributed by atoms with E-state index in [9.17, 15) is 9.59 Å². The molecule has 15 heavy (non-hydrogen) atoms. The Morgan fingerprint density at radius 2 is 2.20 bits per heavy atom. The summed E-state index contributed by atoms with van der Waals surface area (Å²) in [5, 5.41) is 0. The summed E-state index contributed by atoms with van der Waals surface area (Å²) in [4.78, 5) is 22.6. The van der Waals surface area contributed by atoms with Gasteiger partial charge in [0, 0.05) is 24.0 Å². The summed E-state index contributed by atoms with van der Waals surface area (Å²) in [6.45, 7) is 3.25. The highest BCUT2D eigenvalue weighted by Crippen LogP contribution is 2.33. The fraction of sp³-hybridized carbons (Fsp3) is 0.333. The van der Waals surface area contributed by atoms with Gasteiger partial charge in [0.25, 0.3) is 0 Å². The van der Waals surface area contributed by atoms with Gasteiger partial charge in [-0.15, -0.1) is 0 Å². The van der Waals surface area contributed by atoms with Crippen molar-refractivity contribution in [1.82, 2.24) is 0 Å². The molecule has 0 saturated heterocycles. The first-order valence-corrected chi connectivity index (χ1v) is 4.94. The molecule has 1 atom stereocenters. The highest BCUT2D eigenvalue weighted by atomic mass is 16.5. The van der Waals surface area contributed by atoms with Gasteiger partial charge in [-0.05, 0) is 12.5 Å². The maximum Gasteiger partial charge on any atom is 0.308 e. The molecule has 78 valence electrons. The van der Waals surface area contributed by atoms with Crippen LogP contribution in [0.1, 0.15) is 29.8 Å². The molecule has 1 unspecified atom stereocenters. The quantitative estimate of drug-likeness (QED) is 0.519. The van der Waals surface area contributed by atoms with Gasteiger partial charge in [0.05, 0.1) is 0 Å². The van der Waals surface area contributed by atoms with Gasteiger partial charge in [0.15, 0.2) is 5.78 Å². The standard InChI is InChI=1S/C12H12O3/c1-7-6-10-9(12(7)14)4-3-5-11(10)15-8(2)13/h3-5,7H,6H2,1-2H3. The number of carbonyl (C=O) groups is 2. The molecule has 1 aromatic carbocycles. The van der Waals surface area contributed by atoms with Crippen LogP contribution in [0.25, 0.3) is 0 Å². The number of Topliss-reactive ketones (excluding diaryl/α,β-unsaturated/α-hetero) is 1. The summed E-state index contributed by atoms with van der Waals surface area (Å²) >= 11 is 0. The third-order valence-corrected chi connectivity index (χ3v) is 2.61. The van der Waals surface area contributed by atoms with E-state index in [1.165, 1.54) is 6.92 Å². The summed E-state index contributed by atoms with van der Waals surface area (Å²) in [5.41, 5.74) is 1.56. The second-order valence-corrected chi connectivity index (χ2v) is 3.85. The van der Waals surface area contributed by atoms with Gasteiger partial charge in [-0.25, -0.2) is 0 Å². The van der Waals surface area contributed by atoms with Crippen molar-refractivity contribution in [3.8, 4) is 5.75 Å². The number of fused-ring (bicyclic) bond motifs is 1. The molecule has 0 radical (unpaired) electrons. The SMILES string of the molecule is CC(=O)Oc1cccc2c1CC(C)C2=O. The molecule has 0 amide bonds. The average molecular weight is 204 g/mol.